The second-order valence-corrected chi connectivity index (χ2v) is 5.00. The Kier molecular flexibility index (Phi) is 6.11. The summed E-state index contributed by atoms with van der Waals surface area (Å²) in [6.45, 7) is 1.47. The first kappa shape index (κ1) is 14.9. The summed E-state index contributed by atoms with van der Waals surface area (Å²) in [4.78, 5) is 14.8. The van der Waals surface area contributed by atoms with E-state index in [-0.39, 0.29) is 5.12 Å². The van der Waals surface area contributed by atoms with E-state index in [0.29, 0.717) is 23.6 Å². The number of rotatable bonds is 6. The number of thioether (sulfide) groups is 1. The van der Waals surface area contributed by atoms with Crippen molar-refractivity contribution in [1.29, 1.82) is 0 Å². The van der Waals surface area contributed by atoms with Crippen molar-refractivity contribution in [1.82, 2.24) is 4.98 Å². The number of nitrogens with zero attached hydrogens (tertiary/aromatic N) is 1. The quantitative estimate of drug-likeness (QED) is 0.808. The predicted octanol–water partition coefficient (Wildman–Crippen LogP) is 1.15. The molecule has 0 bridgehead atoms. The van der Waals surface area contributed by atoms with Crippen LogP contribution >= 0.6 is 11.8 Å². The molecule has 0 amide bonds. The molecule has 0 aromatic carbocycles. The van der Waals surface area contributed by atoms with E-state index < -0.39 is 12.2 Å². The lowest BCUT2D eigenvalue weighted by molar-refractivity contribution is -0.109. The molecule has 2 atom stereocenters. The number of methoxy groups -OCH3 is 1. The van der Waals surface area contributed by atoms with E-state index in [2.05, 4.69) is 4.98 Å². The number of aliphatic hydroxyl groups is 2. The zero-order chi connectivity index (χ0) is 13.5. The molecule has 2 unspecified atom stereocenters. The van der Waals surface area contributed by atoms with Gasteiger partial charge in [0.1, 0.15) is 17.5 Å². The van der Waals surface area contributed by atoms with E-state index in [0.717, 1.165) is 11.8 Å². The van der Waals surface area contributed by atoms with E-state index in [4.69, 9.17) is 4.74 Å². The average Bonchev–Trinajstić information content (AvgIpc) is 2.37. The van der Waals surface area contributed by atoms with Gasteiger partial charge in [-0.3, -0.25) is 9.78 Å². The van der Waals surface area contributed by atoms with Crippen molar-refractivity contribution < 1.29 is 19.7 Å². The third-order valence-electron chi connectivity index (χ3n) is 2.38. The zero-order valence-corrected chi connectivity index (χ0v) is 11.2. The predicted molar refractivity (Wildman–Crippen MR) is 69.5 cm³/mol. The maximum Gasteiger partial charge on any atom is 0.185 e. The van der Waals surface area contributed by atoms with E-state index in [9.17, 15) is 15.0 Å². The normalized spacial score (nSPS) is 14.0. The van der Waals surface area contributed by atoms with Crippen molar-refractivity contribution in [2.45, 2.75) is 25.6 Å². The maximum atomic E-state index is 10.8. The lowest BCUT2D eigenvalue weighted by atomic mass is 10.1. The largest absolute Gasteiger partial charge is 0.495 e. The Bertz CT molecular complexity index is 399. The number of aromatic nitrogens is 1. The van der Waals surface area contributed by atoms with E-state index in [1.165, 1.54) is 20.2 Å². The molecule has 0 aliphatic rings. The van der Waals surface area contributed by atoms with Crippen LogP contribution in [0.5, 0.6) is 5.75 Å². The summed E-state index contributed by atoms with van der Waals surface area (Å²) in [5, 5.41) is 19.8. The Hall–Kier alpha value is -1.11. The molecule has 0 saturated heterocycles. The van der Waals surface area contributed by atoms with Gasteiger partial charge < -0.3 is 14.9 Å². The van der Waals surface area contributed by atoms with Crippen LogP contribution in [0.15, 0.2) is 18.3 Å². The summed E-state index contributed by atoms with van der Waals surface area (Å²) in [5.41, 5.74) is 0.306. The Morgan fingerprint density at radius 3 is 2.89 bits per heavy atom. The summed E-state index contributed by atoms with van der Waals surface area (Å²) < 4.78 is 5.07. The van der Waals surface area contributed by atoms with Gasteiger partial charge in [-0.1, -0.05) is 11.8 Å². The number of carbonyl (C=O) groups excluding carboxylic acids is 1. The minimum absolute atomic E-state index is 0.00731. The first-order chi connectivity index (χ1) is 8.56. The third-order valence-corrected chi connectivity index (χ3v) is 3.23. The molecule has 2 N–H and O–H groups in total. The van der Waals surface area contributed by atoms with Crippen LogP contribution in [-0.4, -0.2) is 39.3 Å². The van der Waals surface area contributed by atoms with E-state index >= 15 is 0 Å². The number of hydrogen-bond acceptors (Lipinski definition) is 6. The number of aliphatic hydroxyl groups excluding tert-OH is 2. The SMILES string of the molecule is COc1cccnc1C(O)C(O)CCSC(C)=O. The van der Waals surface area contributed by atoms with Gasteiger partial charge in [0.25, 0.3) is 0 Å². The highest BCUT2D eigenvalue weighted by Gasteiger charge is 2.22. The first-order valence-electron chi connectivity index (χ1n) is 5.54. The molecule has 0 fully saturated rings. The lowest BCUT2D eigenvalue weighted by Crippen LogP contribution is -2.20. The molecule has 1 rings (SSSR count). The number of carbonyl (C=O) groups is 1. The minimum atomic E-state index is -1.12. The maximum absolute atomic E-state index is 10.8. The fourth-order valence-corrected chi connectivity index (χ4v) is 2.11. The van der Waals surface area contributed by atoms with Crippen LogP contribution in [0.25, 0.3) is 0 Å². The Morgan fingerprint density at radius 1 is 1.56 bits per heavy atom. The molecular weight excluding hydrogens is 254 g/mol. The molecule has 1 heterocycles. The number of pyridine rings is 1. The van der Waals surface area contributed by atoms with Gasteiger partial charge in [0.15, 0.2) is 5.12 Å². The number of hydrogen-bond donors (Lipinski definition) is 2. The van der Waals surface area contributed by atoms with E-state index in [1.807, 2.05) is 0 Å². The van der Waals surface area contributed by atoms with Gasteiger partial charge >= 0.3 is 0 Å². The summed E-state index contributed by atoms with van der Waals surface area (Å²) in [6, 6.07) is 3.36. The van der Waals surface area contributed by atoms with Gasteiger partial charge in [-0.2, -0.15) is 0 Å². The van der Waals surface area contributed by atoms with Crippen molar-refractivity contribution in [3.63, 3.8) is 0 Å². The van der Waals surface area contributed by atoms with Crippen LogP contribution in [0.4, 0.5) is 0 Å². The zero-order valence-electron chi connectivity index (χ0n) is 10.4. The first-order valence-corrected chi connectivity index (χ1v) is 6.53. The number of ether oxygens (including phenoxy) is 1. The van der Waals surface area contributed by atoms with Gasteiger partial charge in [0.05, 0.1) is 13.2 Å². The van der Waals surface area contributed by atoms with Crippen molar-refractivity contribution in [3.8, 4) is 5.75 Å². The van der Waals surface area contributed by atoms with Crippen LogP contribution in [0.3, 0.4) is 0 Å². The second kappa shape index (κ2) is 7.35. The van der Waals surface area contributed by atoms with E-state index in [1.54, 1.807) is 12.1 Å². The average molecular weight is 271 g/mol. The molecule has 6 heteroatoms. The van der Waals surface area contributed by atoms with Crippen LogP contribution < -0.4 is 4.74 Å². The van der Waals surface area contributed by atoms with Crippen molar-refractivity contribution >= 4 is 16.9 Å². The van der Waals surface area contributed by atoms with Gasteiger partial charge in [-0.05, 0) is 18.6 Å². The molecule has 100 valence electrons. The molecule has 0 saturated carbocycles. The van der Waals surface area contributed by atoms with Gasteiger partial charge in [-0.25, -0.2) is 0 Å². The van der Waals surface area contributed by atoms with Crippen molar-refractivity contribution in [2.75, 3.05) is 12.9 Å². The Morgan fingerprint density at radius 2 is 2.28 bits per heavy atom. The Balaban J connectivity index is 2.62. The van der Waals surface area contributed by atoms with Gasteiger partial charge in [0, 0.05) is 18.9 Å². The van der Waals surface area contributed by atoms with Crippen LogP contribution in [0.2, 0.25) is 0 Å². The molecule has 1 aromatic rings. The summed E-state index contributed by atoms with van der Waals surface area (Å²) >= 11 is 1.12. The topological polar surface area (TPSA) is 79.7 Å². The molecule has 18 heavy (non-hydrogen) atoms. The third kappa shape index (κ3) is 4.29. The highest BCUT2D eigenvalue weighted by Crippen LogP contribution is 2.26. The second-order valence-electron chi connectivity index (χ2n) is 3.73. The summed E-state index contributed by atoms with van der Waals surface area (Å²) in [6.07, 6.45) is -0.252. The monoisotopic (exact) mass is 271 g/mol. The molecular formula is C12H17NO4S. The molecule has 0 aliphatic carbocycles. The summed E-state index contributed by atoms with van der Waals surface area (Å²) in [5.74, 6) is 0.895. The van der Waals surface area contributed by atoms with Crippen molar-refractivity contribution in [2.24, 2.45) is 0 Å². The molecule has 0 spiro atoms. The molecule has 0 radical (unpaired) electrons. The highest BCUT2D eigenvalue weighted by atomic mass is 32.2. The minimum Gasteiger partial charge on any atom is -0.495 e. The molecule has 5 nitrogen and oxygen atoms in total. The molecule has 1 aromatic heterocycles. The fraction of sp³-hybridized carbons (Fsp3) is 0.500. The van der Waals surface area contributed by atoms with Gasteiger partial charge in [-0.15, -0.1) is 0 Å². The summed E-state index contributed by atoms with van der Waals surface area (Å²) in [7, 11) is 1.48. The van der Waals surface area contributed by atoms with Crippen LogP contribution in [0.1, 0.15) is 25.1 Å². The van der Waals surface area contributed by atoms with Crippen LogP contribution in [0, 0.1) is 0 Å². The standard InChI is InChI=1S/C12H17NO4S/c1-8(14)18-7-5-9(15)12(16)11-10(17-2)4-3-6-13-11/h3-4,6,9,12,15-16H,5,7H2,1-2H3. The Labute approximate surface area is 110 Å². The van der Waals surface area contributed by atoms with Gasteiger partial charge in [0.2, 0.25) is 0 Å². The molecule has 0 aliphatic heterocycles. The van der Waals surface area contributed by atoms with Crippen LogP contribution in [-0.2, 0) is 4.79 Å². The smallest absolute Gasteiger partial charge is 0.185 e. The fourth-order valence-electron chi connectivity index (χ4n) is 1.46. The van der Waals surface area contributed by atoms with Crippen molar-refractivity contribution in [3.05, 3.63) is 24.0 Å². The highest BCUT2D eigenvalue weighted by molar-refractivity contribution is 8.13. The lowest BCUT2D eigenvalue weighted by Gasteiger charge is -2.18.